The Balaban J connectivity index is 1.69. The summed E-state index contributed by atoms with van der Waals surface area (Å²) in [6, 6.07) is 15.2. The number of rotatable bonds is 3. The van der Waals surface area contributed by atoms with Crippen molar-refractivity contribution >= 4 is 40.4 Å². The summed E-state index contributed by atoms with van der Waals surface area (Å²) in [5.74, 6) is -0.448. The Hall–Kier alpha value is -2.73. The molecule has 1 aliphatic carbocycles. The second kappa shape index (κ2) is 8.10. The number of ketones is 1. The standard InChI is InChI=1S/C22H19FN2O2S/c23-16-10-12-17(13-11-16)25-21(27)18(14-15-6-2-1-3-7-15)24-22(25)28-20-9-5-4-8-19(20)26/h1-3,6-7,10-14,20H,4-5,8-9H2/b18-14+/t20-/m1/s1. The van der Waals surface area contributed by atoms with E-state index in [1.54, 1.807) is 18.2 Å². The minimum atomic E-state index is -0.371. The average molecular weight is 394 g/mol. The molecule has 142 valence electrons. The second-order valence-corrected chi connectivity index (χ2v) is 7.94. The monoisotopic (exact) mass is 394 g/mol. The molecule has 0 N–H and O–H groups in total. The zero-order chi connectivity index (χ0) is 19.5. The van der Waals surface area contributed by atoms with Gasteiger partial charge in [0.15, 0.2) is 5.17 Å². The number of carbonyl (C=O) groups is 2. The van der Waals surface area contributed by atoms with Crippen molar-refractivity contribution in [1.82, 2.24) is 0 Å². The van der Waals surface area contributed by atoms with Gasteiger partial charge in [-0.1, -0.05) is 48.5 Å². The van der Waals surface area contributed by atoms with E-state index < -0.39 is 0 Å². The molecule has 1 aliphatic heterocycles. The van der Waals surface area contributed by atoms with Gasteiger partial charge in [0.1, 0.15) is 17.3 Å². The van der Waals surface area contributed by atoms with Crippen molar-refractivity contribution < 1.29 is 14.0 Å². The first kappa shape index (κ1) is 18.6. The zero-order valence-corrected chi connectivity index (χ0v) is 16.0. The van der Waals surface area contributed by atoms with Crippen LogP contribution >= 0.6 is 11.8 Å². The molecule has 0 unspecified atom stereocenters. The maximum atomic E-state index is 13.4. The van der Waals surface area contributed by atoms with Gasteiger partial charge < -0.3 is 0 Å². The highest BCUT2D eigenvalue weighted by atomic mass is 32.2. The number of hydrogen-bond acceptors (Lipinski definition) is 4. The highest BCUT2D eigenvalue weighted by Crippen LogP contribution is 2.34. The molecule has 6 heteroatoms. The molecular formula is C22H19FN2O2S. The lowest BCUT2D eigenvalue weighted by Crippen LogP contribution is -2.33. The van der Waals surface area contributed by atoms with Crippen molar-refractivity contribution in [2.24, 2.45) is 4.99 Å². The van der Waals surface area contributed by atoms with Crippen molar-refractivity contribution in [3.8, 4) is 0 Å². The highest BCUT2D eigenvalue weighted by Gasteiger charge is 2.35. The molecule has 2 aliphatic rings. The number of Topliss-reactive ketones (excluding diaryl/α,β-unsaturated/α-hetero) is 1. The minimum Gasteiger partial charge on any atom is -0.298 e. The van der Waals surface area contributed by atoms with Gasteiger partial charge in [-0.05, 0) is 48.7 Å². The smallest absolute Gasteiger partial charge is 0.283 e. The van der Waals surface area contributed by atoms with E-state index in [0.29, 0.717) is 23.0 Å². The van der Waals surface area contributed by atoms with Crippen LogP contribution in [-0.2, 0) is 9.59 Å². The molecule has 4 nitrogen and oxygen atoms in total. The van der Waals surface area contributed by atoms with E-state index in [1.807, 2.05) is 30.3 Å². The molecule has 2 aromatic carbocycles. The number of thioether (sulfide) groups is 1. The van der Waals surface area contributed by atoms with Crippen LogP contribution < -0.4 is 4.90 Å². The lowest BCUT2D eigenvalue weighted by atomic mass is 9.99. The van der Waals surface area contributed by atoms with Crippen LogP contribution in [0.25, 0.3) is 6.08 Å². The van der Waals surface area contributed by atoms with E-state index in [1.165, 1.54) is 28.8 Å². The number of halogens is 1. The Bertz CT molecular complexity index is 954. The van der Waals surface area contributed by atoms with Gasteiger partial charge in [0.05, 0.1) is 10.9 Å². The Kier molecular flexibility index (Phi) is 5.39. The van der Waals surface area contributed by atoms with E-state index in [4.69, 9.17) is 0 Å². The Morgan fingerprint density at radius 1 is 1.04 bits per heavy atom. The summed E-state index contributed by atoms with van der Waals surface area (Å²) in [7, 11) is 0. The first-order chi connectivity index (χ1) is 13.6. The summed E-state index contributed by atoms with van der Waals surface area (Å²) < 4.78 is 13.4. The highest BCUT2D eigenvalue weighted by molar-refractivity contribution is 8.15. The van der Waals surface area contributed by atoms with Gasteiger partial charge in [-0.25, -0.2) is 9.38 Å². The van der Waals surface area contributed by atoms with Crippen LogP contribution in [0.2, 0.25) is 0 Å². The first-order valence-electron chi connectivity index (χ1n) is 9.26. The summed E-state index contributed by atoms with van der Waals surface area (Å²) in [6.45, 7) is 0. The average Bonchev–Trinajstić information content (AvgIpc) is 3.00. The largest absolute Gasteiger partial charge is 0.298 e. The third-order valence-corrected chi connectivity index (χ3v) is 6.03. The summed E-state index contributed by atoms with van der Waals surface area (Å²) in [6.07, 6.45) is 5.00. The van der Waals surface area contributed by atoms with Gasteiger partial charge in [-0.15, -0.1) is 0 Å². The minimum absolute atomic E-state index is 0.195. The summed E-state index contributed by atoms with van der Waals surface area (Å²) in [5, 5.41) is 0.276. The number of hydrogen-bond donors (Lipinski definition) is 0. The molecular weight excluding hydrogens is 375 g/mol. The van der Waals surface area contributed by atoms with Crippen LogP contribution in [0.4, 0.5) is 10.1 Å². The molecule has 0 radical (unpaired) electrons. The van der Waals surface area contributed by atoms with Gasteiger partial charge >= 0.3 is 0 Å². The Labute approximate surface area is 167 Å². The third kappa shape index (κ3) is 3.92. The second-order valence-electron chi connectivity index (χ2n) is 6.77. The first-order valence-corrected chi connectivity index (χ1v) is 10.1. The fourth-order valence-corrected chi connectivity index (χ4v) is 4.54. The van der Waals surface area contributed by atoms with E-state index in [0.717, 1.165) is 24.8 Å². The molecule has 1 fully saturated rings. The summed E-state index contributed by atoms with van der Waals surface area (Å²) in [5.41, 5.74) is 1.72. The fourth-order valence-electron chi connectivity index (χ4n) is 3.30. The number of benzene rings is 2. The summed E-state index contributed by atoms with van der Waals surface area (Å²) >= 11 is 1.33. The van der Waals surface area contributed by atoms with Crippen molar-refractivity contribution in [1.29, 1.82) is 0 Å². The molecule has 0 bridgehead atoms. The summed E-state index contributed by atoms with van der Waals surface area (Å²) in [4.78, 5) is 31.4. The topological polar surface area (TPSA) is 49.7 Å². The van der Waals surface area contributed by atoms with E-state index in [-0.39, 0.29) is 22.8 Å². The van der Waals surface area contributed by atoms with Crippen molar-refractivity contribution in [3.05, 3.63) is 71.7 Å². The maximum absolute atomic E-state index is 13.4. The third-order valence-electron chi connectivity index (χ3n) is 4.76. The van der Waals surface area contributed by atoms with Gasteiger partial charge in [-0.2, -0.15) is 0 Å². The normalized spacial score (nSPS) is 21.3. The van der Waals surface area contributed by atoms with Crippen molar-refractivity contribution in [2.75, 3.05) is 4.90 Å². The fraction of sp³-hybridized carbons (Fsp3) is 0.227. The molecule has 1 atom stereocenters. The molecule has 1 saturated carbocycles. The lowest BCUT2D eigenvalue weighted by molar-refractivity contribution is -0.119. The molecule has 0 spiro atoms. The number of nitrogens with zero attached hydrogens (tertiary/aromatic N) is 2. The number of amidine groups is 1. The van der Waals surface area contributed by atoms with Gasteiger partial charge in [-0.3, -0.25) is 14.5 Å². The van der Waals surface area contributed by atoms with Crippen LogP contribution in [0, 0.1) is 5.82 Å². The van der Waals surface area contributed by atoms with Crippen molar-refractivity contribution in [2.45, 2.75) is 30.9 Å². The number of aliphatic imine (C=N–C) groups is 1. The van der Waals surface area contributed by atoms with E-state index in [9.17, 15) is 14.0 Å². The van der Waals surface area contributed by atoms with Crippen LogP contribution in [0.15, 0.2) is 65.3 Å². The molecule has 0 saturated heterocycles. The SMILES string of the molecule is O=C1CCCC[C@H]1SC1=N/C(=C/c2ccccc2)C(=O)N1c1ccc(F)cc1. The predicted molar refractivity (Wildman–Crippen MR) is 111 cm³/mol. The molecule has 28 heavy (non-hydrogen) atoms. The molecule has 2 aromatic rings. The predicted octanol–water partition coefficient (Wildman–Crippen LogP) is 4.81. The van der Waals surface area contributed by atoms with E-state index >= 15 is 0 Å². The van der Waals surface area contributed by atoms with E-state index in [2.05, 4.69) is 4.99 Å². The molecule has 1 heterocycles. The van der Waals surface area contributed by atoms with Crippen LogP contribution in [0.5, 0.6) is 0 Å². The van der Waals surface area contributed by atoms with Crippen LogP contribution in [0.1, 0.15) is 31.2 Å². The molecule has 1 amide bonds. The zero-order valence-electron chi connectivity index (χ0n) is 15.2. The Morgan fingerprint density at radius 3 is 2.50 bits per heavy atom. The number of amides is 1. The van der Waals surface area contributed by atoms with Crippen LogP contribution in [-0.4, -0.2) is 22.1 Å². The quantitative estimate of drug-likeness (QED) is 0.702. The van der Waals surface area contributed by atoms with Gasteiger partial charge in [0, 0.05) is 6.42 Å². The Morgan fingerprint density at radius 2 is 1.79 bits per heavy atom. The van der Waals surface area contributed by atoms with Gasteiger partial charge in [0.25, 0.3) is 5.91 Å². The maximum Gasteiger partial charge on any atom is 0.283 e. The van der Waals surface area contributed by atoms with Crippen molar-refractivity contribution in [3.63, 3.8) is 0 Å². The molecule has 0 aromatic heterocycles. The van der Waals surface area contributed by atoms with Gasteiger partial charge in [0.2, 0.25) is 0 Å². The van der Waals surface area contributed by atoms with Crippen LogP contribution in [0.3, 0.4) is 0 Å². The molecule has 4 rings (SSSR count). The lowest BCUT2D eigenvalue weighted by Gasteiger charge is -2.23. The number of anilines is 1. The number of carbonyl (C=O) groups excluding carboxylic acids is 2.